The Kier molecular flexibility index (Phi) is 3.81. The van der Waals surface area contributed by atoms with E-state index in [1.807, 2.05) is 18.0 Å². The molecule has 2 aromatic rings. The van der Waals surface area contributed by atoms with Crippen LogP contribution in [-0.4, -0.2) is 53.6 Å². The predicted molar refractivity (Wildman–Crippen MR) is 80.0 cm³/mol. The number of likely N-dealkylation sites (tertiary alicyclic amines) is 1. The van der Waals surface area contributed by atoms with Gasteiger partial charge in [-0.1, -0.05) is 0 Å². The van der Waals surface area contributed by atoms with Gasteiger partial charge in [0.2, 0.25) is 5.91 Å². The highest BCUT2D eigenvalue weighted by molar-refractivity contribution is 6.02. The van der Waals surface area contributed by atoms with E-state index in [1.165, 1.54) is 0 Å². The molecule has 3 heterocycles. The number of rotatable bonds is 3. The van der Waals surface area contributed by atoms with Crippen molar-refractivity contribution in [1.82, 2.24) is 14.9 Å². The van der Waals surface area contributed by atoms with E-state index in [4.69, 9.17) is 4.74 Å². The van der Waals surface area contributed by atoms with E-state index in [9.17, 15) is 4.79 Å². The highest BCUT2D eigenvalue weighted by atomic mass is 16.5. The zero-order valence-electron chi connectivity index (χ0n) is 12.1. The van der Waals surface area contributed by atoms with E-state index in [2.05, 4.69) is 15.3 Å². The number of aromatic nitrogens is 2. The first-order chi connectivity index (χ1) is 10.2. The van der Waals surface area contributed by atoms with Gasteiger partial charge in [0.25, 0.3) is 0 Å². The Labute approximate surface area is 123 Å². The molecule has 6 heteroatoms. The van der Waals surface area contributed by atoms with Gasteiger partial charge in [0.1, 0.15) is 0 Å². The minimum Gasteiger partial charge on any atom is -0.380 e. The summed E-state index contributed by atoms with van der Waals surface area (Å²) in [5.41, 5.74) is 1.56. The molecule has 0 saturated carbocycles. The Hall–Kier alpha value is -2.05. The van der Waals surface area contributed by atoms with Crippen LogP contribution in [0.1, 0.15) is 6.42 Å². The van der Waals surface area contributed by atoms with Crippen molar-refractivity contribution in [2.75, 3.05) is 26.0 Å². The number of fused-ring (bicyclic) bond motifs is 1. The summed E-state index contributed by atoms with van der Waals surface area (Å²) in [6.45, 7) is 0.771. The zero-order valence-corrected chi connectivity index (χ0v) is 12.1. The molecule has 110 valence electrons. The average Bonchev–Trinajstić information content (AvgIpc) is 2.89. The van der Waals surface area contributed by atoms with Crippen LogP contribution >= 0.6 is 0 Å². The zero-order chi connectivity index (χ0) is 14.8. The summed E-state index contributed by atoms with van der Waals surface area (Å²) in [6, 6.07) is 3.45. The van der Waals surface area contributed by atoms with Crippen molar-refractivity contribution in [2.45, 2.75) is 18.6 Å². The lowest BCUT2D eigenvalue weighted by Gasteiger charge is -2.18. The molecule has 21 heavy (non-hydrogen) atoms. The number of hydrogen-bond acceptors (Lipinski definition) is 5. The number of carbonyl (C=O) groups excluding carboxylic acids is 1. The molecule has 1 amide bonds. The lowest BCUT2D eigenvalue weighted by molar-refractivity contribution is -0.120. The lowest BCUT2D eigenvalue weighted by Crippen LogP contribution is -2.37. The summed E-state index contributed by atoms with van der Waals surface area (Å²) >= 11 is 0. The maximum atomic E-state index is 12.5. The van der Waals surface area contributed by atoms with Crippen molar-refractivity contribution in [3.8, 4) is 0 Å². The number of nitrogens with one attached hydrogen (secondary N) is 1. The van der Waals surface area contributed by atoms with Crippen molar-refractivity contribution >= 4 is 22.5 Å². The van der Waals surface area contributed by atoms with E-state index >= 15 is 0 Å². The summed E-state index contributed by atoms with van der Waals surface area (Å²) in [6.07, 6.45) is 5.92. The van der Waals surface area contributed by atoms with E-state index in [0.717, 1.165) is 23.1 Å². The number of hydrogen-bond donors (Lipinski definition) is 1. The number of nitrogens with zero attached hydrogens (tertiary/aromatic N) is 3. The third-order valence-corrected chi connectivity index (χ3v) is 3.95. The van der Waals surface area contributed by atoms with Gasteiger partial charge >= 0.3 is 0 Å². The summed E-state index contributed by atoms with van der Waals surface area (Å²) in [7, 11) is 3.62. The number of amides is 1. The van der Waals surface area contributed by atoms with Crippen LogP contribution in [0.25, 0.3) is 10.9 Å². The third kappa shape index (κ3) is 2.72. The molecule has 0 aliphatic carbocycles. The standard InChI is InChI=1S/C15H18N4O2/c1-19-9-10(21-2)7-14(19)15(20)18-13-4-6-17-12-3-5-16-8-11(12)13/h3-6,8,10,14H,7,9H2,1-2H3,(H,17,18,20)/t10-,14-/m0/s1. The molecule has 2 aromatic heterocycles. The Morgan fingerprint density at radius 1 is 1.43 bits per heavy atom. The second-order valence-electron chi connectivity index (χ2n) is 5.29. The van der Waals surface area contributed by atoms with E-state index in [0.29, 0.717) is 6.42 Å². The quantitative estimate of drug-likeness (QED) is 0.921. The molecule has 1 N–H and O–H groups in total. The monoisotopic (exact) mass is 286 g/mol. The molecule has 2 atom stereocenters. The molecule has 0 spiro atoms. The number of anilines is 1. The van der Waals surface area contributed by atoms with Gasteiger partial charge in [-0.2, -0.15) is 0 Å². The average molecular weight is 286 g/mol. The number of carbonyl (C=O) groups is 1. The molecule has 3 rings (SSSR count). The van der Waals surface area contributed by atoms with Crippen LogP contribution < -0.4 is 5.32 Å². The van der Waals surface area contributed by atoms with Crippen molar-refractivity contribution < 1.29 is 9.53 Å². The molecule has 1 saturated heterocycles. The minimum absolute atomic E-state index is 0.0200. The fraction of sp³-hybridized carbons (Fsp3) is 0.400. The van der Waals surface area contributed by atoms with Gasteiger partial charge in [-0.05, 0) is 25.6 Å². The second kappa shape index (κ2) is 5.75. The smallest absolute Gasteiger partial charge is 0.241 e. The highest BCUT2D eigenvalue weighted by Gasteiger charge is 2.34. The number of likely N-dealkylation sites (N-methyl/N-ethyl adjacent to an activating group) is 1. The third-order valence-electron chi connectivity index (χ3n) is 3.95. The highest BCUT2D eigenvalue weighted by Crippen LogP contribution is 2.23. The number of ether oxygens (including phenoxy) is 1. The normalized spacial score (nSPS) is 22.6. The van der Waals surface area contributed by atoms with Crippen molar-refractivity contribution in [3.05, 3.63) is 30.7 Å². The van der Waals surface area contributed by atoms with Crippen LogP contribution in [0.3, 0.4) is 0 Å². The Bertz CT molecular complexity index is 656. The first-order valence-electron chi connectivity index (χ1n) is 6.91. The maximum absolute atomic E-state index is 12.5. The van der Waals surface area contributed by atoms with Crippen molar-refractivity contribution in [2.24, 2.45) is 0 Å². The number of pyridine rings is 2. The maximum Gasteiger partial charge on any atom is 0.241 e. The molecule has 0 radical (unpaired) electrons. The van der Waals surface area contributed by atoms with Crippen LogP contribution in [0.4, 0.5) is 5.69 Å². The largest absolute Gasteiger partial charge is 0.380 e. The van der Waals surface area contributed by atoms with Crippen LogP contribution in [0.15, 0.2) is 30.7 Å². The van der Waals surface area contributed by atoms with Gasteiger partial charge in [-0.3, -0.25) is 19.7 Å². The van der Waals surface area contributed by atoms with Gasteiger partial charge in [0, 0.05) is 37.6 Å². The first kappa shape index (κ1) is 13.9. The summed E-state index contributed by atoms with van der Waals surface area (Å²) < 4.78 is 5.34. The molecule has 6 nitrogen and oxygen atoms in total. The van der Waals surface area contributed by atoms with Gasteiger partial charge in [-0.25, -0.2) is 0 Å². The summed E-state index contributed by atoms with van der Waals surface area (Å²) in [4.78, 5) is 22.9. The Morgan fingerprint density at radius 2 is 2.29 bits per heavy atom. The lowest BCUT2D eigenvalue weighted by atomic mass is 10.1. The SMILES string of the molecule is CO[C@H]1C[C@@H](C(=O)Nc2ccnc3ccncc23)N(C)C1. The molecule has 1 aliphatic heterocycles. The summed E-state index contributed by atoms with van der Waals surface area (Å²) in [5.74, 6) is -0.0200. The van der Waals surface area contributed by atoms with Gasteiger partial charge in [0.05, 0.1) is 23.3 Å². The second-order valence-corrected chi connectivity index (χ2v) is 5.29. The van der Waals surface area contributed by atoms with Gasteiger partial charge in [0.15, 0.2) is 0 Å². The summed E-state index contributed by atoms with van der Waals surface area (Å²) in [5, 5.41) is 3.83. The van der Waals surface area contributed by atoms with E-state index < -0.39 is 0 Å². The van der Waals surface area contributed by atoms with Crippen LogP contribution in [0, 0.1) is 0 Å². The molecule has 0 bridgehead atoms. The van der Waals surface area contributed by atoms with Crippen LogP contribution in [0.5, 0.6) is 0 Å². The van der Waals surface area contributed by atoms with Crippen LogP contribution in [-0.2, 0) is 9.53 Å². The fourth-order valence-electron chi connectivity index (χ4n) is 2.74. The predicted octanol–water partition coefficient (Wildman–Crippen LogP) is 1.29. The van der Waals surface area contributed by atoms with E-state index in [1.54, 1.807) is 31.8 Å². The van der Waals surface area contributed by atoms with Gasteiger partial charge < -0.3 is 10.1 Å². The van der Waals surface area contributed by atoms with Gasteiger partial charge in [-0.15, -0.1) is 0 Å². The Morgan fingerprint density at radius 3 is 3.05 bits per heavy atom. The Balaban J connectivity index is 1.81. The molecular formula is C15H18N4O2. The van der Waals surface area contributed by atoms with Crippen molar-refractivity contribution in [3.63, 3.8) is 0 Å². The molecule has 0 aromatic carbocycles. The molecule has 1 fully saturated rings. The van der Waals surface area contributed by atoms with Crippen molar-refractivity contribution in [1.29, 1.82) is 0 Å². The molecule has 1 aliphatic rings. The molecule has 0 unspecified atom stereocenters. The number of methoxy groups -OCH3 is 1. The first-order valence-corrected chi connectivity index (χ1v) is 6.91. The van der Waals surface area contributed by atoms with Crippen LogP contribution in [0.2, 0.25) is 0 Å². The fourth-order valence-corrected chi connectivity index (χ4v) is 2.74. The minimum atomic E-state index is -0.171. The molecular weight excluding hydrogens is 268 g/mol. The topological polar surface area (TPSA) is 67.3 Å². The van der Waals surface area contributed by atoms with E-state index in [-0.39, 0.29) is 18.1 Å².